The zero-order valence-corrected chi connectivity index (χ0v) is 13.3. The van der Waals surface area contributed by atoms with Gasteiger partial charge in [-0.3, -0.25) is 13.9 Å². The second-order valence-corrected chi connectivity index (χ2v) is 5.92. The molecule has 0 atom stereocenters. The molecule has 2 heterocycles. The van der Waals surface area contributed by atoms with E-state index in [1.807, 2.05) is 11.8 Å². The predicted octanol–water partition coefficient (Wildman–Crippen LogP) is 1.46. The van der Waals surface area contributed by atoms with Gasteiger partial charge >= 0.3 is 5.69 Å². The number of rotatable bonds is 0. The van der Waals surface area contributed by atoms with E-state index in [1.165, 1.54) is 4.57 Å². The monoisotopic (exact) mass is 304 g/mol. The third-order valence-electron chi connectivity index (χ3n) is 4.25. The summed E-state index contributed by atoms with van der Waals surface area (Å²) in [6, 6.07) is 1.56. The van der Waals surface area contributed by atoms with Gasteiger partial charge in [-0.1, -0.05) is 0 Å². The molecule has 1 aromatic heterocycles. The summed E-state index contributed by atoms with van der Waals surface area (Å²) in [5.74, 6) is 0. The normalized spacial score (nSPS) is 17.5. The molecule has 0 aromatic carbocycles. The molecule has 2 bridgehead atoms. The third-order valence-corrected chi connectivity index (χ3v) is 4.25. The molecule has 0 fully saturated rings. The van der Waals surface area contributed by atoms with Crippen LogP contribution < -0.4 is 11.2 Å². The standard InChI is InChI=1S/C16H24N4O2/c1-14-12-15(21)20-11-7-3-5-9-18(13-17)8-4-2-6-10-19(14)16(20)22/h12H,2-11H2,1H3. The average Bonchev–Trinajstić information content (AvgIpc) is 2.49. The Morgan fingerprint density at radius 3 is 2.05 bits per heavy atom. The number of aryl methyl sites for hydroxylation is 1. The molecule has 1 aliphatic heterocycles. The molecule has 0 amide bonds. The fraction of sp³-hybridized carbons (Fsp3) is 0.688. The van der Waals surface area contributed by atoms with Gasteiger partial charge in [-0.05, 0) is 45.4 Å². The summed E-state index contributed by atoms with van der Waals surface area (Å²) in [6.45, 7) is 4.48. The number of nitrogens with zero attached hydrogens (tertiary/aromatic N) is 4. The third kappa shape index (κ3) is 4.00. The van der Waals surface area contributed by atoms with Crippen LogP contribution in [0.1, 0.15) is 44.2 Å². The molecule has 2 rings (SSSR count). The van der Waals surface area contributed by atoms with E-state index in [0.29, 0.717) is 13.1 Å². The van der Waals surface area contributed by atoms with Crippen molar-refractivity contribution in [3.8, 4) is 6.19 Å². The topological polar surface area (TPSA) is 71.0 Å². The number of fused-ring (bicyclic) bond motifs is 2. The van der Waals surface area contributed by atoms with Crippen molar-refractivity contribution in [3.05, 3.63) is 32.6 Å². The number of nitriles is 1. The van der Waals surface area contributed by atoms with Crippen LogP contribution in [0.3, 0.4) is 0 Å². The number of hydrogen-bond donors (Lipinski definition) is 0. The zero-order valence-electron chi connectivity index (χ0n) is 13.3. The van der Waals surface area contributed by atoms with Crippen molar-refractivity contribution >= 4 is 0 Å². The van der Waals surface area contributed by atoms with Gasteiger partial charge in [-0.25, -0.2) is 4.79 Å². The quantitative estimate of drug-likeness (QED) is 0.680. The second kappa shape index (κ2) is 7.83. The Bertz CT molecular complexity index is 654. The summed E-state index contributed by atoms with van der Waals surface area (Å²) in [5, 5.41) is 9.09. The molecule has 0 saturated heterocycles. The molecule has 0 unspecified atom stereocenters. The van der Waals surface area contributed by atoms with Crippen molar-refractivity contribution in [3.63, 3.8) is 0 Å². The second-order valence-electron chi connectivity index (χ2n) is 5.92. The van der Waals surface area contributed by atoms with Crippen LogP contribution in [0.15, 0.2) is 15.7 Å². The van der Waals surface area contributed by atoms with Gasteiger partial charge in [0, 0.05) is 37.9 Å². The Hall–Kier alpha value is -2.03. The molecule has 120 valence electrons. The lowest BCUT2D eigenvalue weighted by Crippen LogP contribution is -2.40. The molecule has 6 heteroatoms. The molecule has 0 N–H and O–H groups in total. The Morgan fingerprint density at radius 1 is 0.909 bits per heavy atom. The summed E-state index contributed by atoms with van der Waals surface area (Å²) in [7, 11) is 0. The highest BCUT2D eigenvalue weighted by atomic mass is 16.2. The first-order valence-corrected chi connectivity index (χ1v) is 8.09. The average molecular weight is 304 g/mol. The Labute approximate surface area is 130 Å². The summed E-state index contributed by atoms with van der Waals surface area (Å²) in [5.41, 5.74) is 0.349. The highest BCUT2D eigenvalue weighted by Gasteiger charge is 2.10. The maximum atomic E-state index is 12.5. The number of aromatic nitrogens is 2. The summed E-state index contributed by atoms with van der Waals surface area (Å²) in [6.07, 6.45) is 7.68. The molecule has 1 aliphatic rings. The first-order chi connectivity index (χ1) is 10.6. The Balaban J connectivity index is 2.19. The molecular formula is C16H24N4O2. The van der Waals surface area contributed by atoms with Crippen molar-refractivity contribution in [2.45, 2.75) is 58.5 Å². The maximum absolute atomic E-state index is 12.5. The van der Waals surface area contributed by atoms with Crippen LogP contribution in [0.5, 0.6) is 0 Å². The lowest BCUT2D eigenvalue weighted by molar-refractivity contribution is 0.356. The molecule has 0 spiro atoms. The van der Waals surface area contributed by atoms with Crippen molar-refractivity contribution < 1.29 is 0 Å². The molecule has 0 radical (unpaired) electrons. The fourth-order valence-corrected chi connectivity index (χ4v) is 2.91. The van der Waals surface area contributed by atoms with E-state index in [4.69, 9.17) is 5.26 Å². The van der Waals surface area contributed by atoms with Crippen molar-refractivity contribution in [2.24, 2.45) is 0 Å². The Morgan fingerprint density at radius 2 is 1.45 bits per heavy atom. The van der Waals surface area contributed by atoms with Gasteiger partial charge in [0.25, 0.3) is 5.56 Å². The van der Waals surface area contributed by atoms with Gasteiger partial charge < -0.3 is 4.90 Å². The van der Waals surface area contributed by atoms with E-state index in [9.17, 15) is 9.59 Å². The van der Waals surface area contributed by atoms with Crippen LogP contribution in [0.25, 0.3) is 0 Å². The first-order valence-electron chi connectivity index (χ1n) is 8.09. The molecular weight excluding hydrogens is 280 g/mol. The van der Waals surface area contributed by atoms with E-state index in [0.717, 1.165) is 57.3 Å². The minimum absolute atomic E-state index is 0.180. The smallest absolute Gasteiger partial charge is 0.311 e. The SMILES string of the molecule is Cc1cc(=O)n2c(=O)n1CCCCCN(C#N)CCCCC2. The van der Waals surface area contributed by atoms with Gasteiger partial charge in [0.1, 0.15) is 0 Å². The van der Waals surface area contributed by atoms with Gasteiger partial charge in [0.05, 0.1) is 0 Å². The molecule has 1 aromatic rings. The van der Waals surface area contributed by atoms with E-state index in [-0.39, 0.29) is 11.2 Å². The highest BCUT2D eigenvalue weighted by molar-refractivity contribution is 5.00. The molecule has 0 aliphatic carbocycles. The fourth-order valence-electron chi connectivity index (χ4n) is 2.91. The van der Waals surface area contributed by atoms with E-state index >= 15 is 0 Å². The van der Waals surface area contributed by atoms with Crippen molar-refractivity contribution in [1.82, 2.24) is 14.0 Å². The Kier molecular flexibility index (Phi) is 5.82. The van der Waals surface area contributed by atoms with Crippen LogP contribution in [0, 0.1) is 18.4 Å². The van der Waals surface area contributed by atoms with Gasteiger partial charge in [-0.2, -0.15) is 5.26 Å². The van der Waals surface area contributed by atoms with Crippen LogP contribution in [0.2, 0.25) is 0 Å². The van der Waals surface area contributed by atoms with Crippen molar-refractivity contribution in [2.75, 3.05) is 13.1 Å². The number of hydrogen-bond acceptors (Lipinski definition) is 4. The van der Waals surface area contributed by atoms with Crippen LogP contribution in [-0.4, -0.2) is 27.1 Å². The van der Waals surface area contributed by atoms with Crippen LogP contribution in [-0.2, 0) is 13.1 Å². The first kappa shape index (κ1) is 16.3. The van der Waals surface area contributed by atoms with Crippen LogP contribution in [0.4, 0.5) is 0 Å². The molecule has 0 saturated carbocycles. The van der Waals surface area contributed by atoms with Crippen LogP contribution >= 0.6 is 0 Å². The summed E-state index contributed by atoms with van der Waals surface area (Å²) < 4.78 is 3.05. The highest BCUT2D eigenvalue weighted by Crippen LogP contribution is 2.05. The summed E-state index contributed by atoms with van der Waals surface area (Å²) >= 11 is 0. The van der Waals surface area contributed by atoms with Gasteiger partial charge in [-0.15, -0.1) is 0 Å². The maximum Gasteiger partial charge on any atom is 0.331 e. The lowest BCUT2D eigenvalue weighted by Gasteiger charge is -2.17. The largest absolute Gasteiger partial charge is 0.331 e. The summed E-state index contributed by atoms with van der Waals surface area (Å²) in [4.78, 5) is 26.3. The van der Waals surface area contributed by atoms with Crippen molar-refractivity contribution in [1.29, 1.82) is 5.26 Å². The minimum Gasteiger partial charge on any atom is -0.311 e. The minimum atomic E-state index is -0.204. The zero-order chi connectivity index (χ0) is 15.9. The molecule has 22 heavy (non-hydrogen) atoms. The van der Waals surface area contributed by atoms with E-state index in [1.54, 1.807) is 10.6 Å². The lowest BCUT2D eigenvalue weighted by atomic mass is 10.2. The predicted molar refractivity (Wildman–Crippen MR) is 84.6 cm³/mol. The van der Waals surface area contributed by atoms with E-state index in [2.05, 4.69) is 6.19 Å². The van der Waals surface area contributed by atoms with Gasteiger partial charge in [0.2, 0.25) is 0 Å². The van der Waals surface area contributed by atoms with Gasteiger partial charge in [0.15, 0.2) is 6.19 Å². The molecule has 6 nitrogen and oxygen atoms in total. The van der Waals surface area contributed by atoms with E-state index < -0.39 is 0 Å².